The number of aliphatic hydroxyl groups excluding tert-OH is 1. The molecular weight excluding hydrogens is 286 g/mol. The van der Waals surface area contributed by atoms with Crippen LogP contribution in [0, 0.1) is 11.3 Å². The Morgan fingerprint density at radius 3 is 2.95 bits per heavy atom. The molecule has 1 heterocycles. The molecule has 4 heteroatoms. The van der Waals surface area contributed by atoms with E-state index in [0.717, 1.165) is 24.9 Å². The van der Waals surface area contributed by atoms with Gasteiger partial charge in [-0.2, -0.15) is 0 Å². The number of hydrogen-bond donors (Lipinski definition) is 1. The van der Waals surface area contributed by atoms with Crippen LogP contribution in [0.1, 0.15) is 32.3 Å². The van der Waals surface area contributed by atoms with Gasteiger partial charge >= 0.3 is 0 Å². The van der Waals surface area contributed by atoms with E-state index in [4.69, 9.17) is 11.6 Å². The number of carbonyl (C=O) groups excluding carboxylic acids is 1. The highest BCUT2D eigenvalue weighted by Gasteiger charge is 2.33. The third-order valence-corrected chi connectivity index (χ3v) is 4.56. The Hall–Kier alpha value is -1.06. The molecule has 21 heavy (non-hydrogen) atoms. The number of benzene rings is 1. The van der Waals surface area contributed by atoms with Gasteiger partial charge in [-0.15, -0.1) is 0 Å². The molecule has 1 aliphatic rings. The van der Waals surface area contributed by atoms with Crippen molar-refractivity contribution in [1.29, 1.82) is 0 Å². The second kappa shape index (κ2) is 6.80. The minimum atomic E-state index is -0.149. The summed E-state index contributed by atoms with van der Waals surface area (Å²) in [5.41, 5.74) is 0.939. The molecule has 1 saturated heterocycles. The molecule has 0 saturated carbocycles. The molecule has 1 N–H and O–H groups in total. The lowest BCUT2D eigenvalue weighted by Gasteiger charge is -2.40. The Morgan fingerprint density at radius 1 is 1.52 bits per heavy atom. The van der Waals surface area contributed by atoms with E-state index in [2.05, 4.69) is 0 Å². The lowest BCUT2D eigenvalue weighted by Crippen LogP contribution is -2.48. The first-order chi connectivity index (χ1) is 9.93. The van der Waals surface area contributed by atoms with Crippen molar-refractivity contribution in [3.63, 3.8) is 0 Å². The fourth-order valence-electron chi connectivity index (χ4n) is 3.05. The monoisotopic (exact) mass is 309 g/mol. The van der Waals surface area contributed by atoms with Crippen LogP contribution in [0.3, 0.4) is 0 Å². The maximum Gasteiger partial charge on any atom is 0.225 e. The molecular formula is C17H24ClNO2. The van der Waals surface area contributed by atoms with E-state index in [1.165, 1.54) is 0 Å². The number of amides is 1. The highest BCUT2D eigenvalue weighted by Crippen LogP contribution is 2.29. The van der Waals surface area contributed by atoms with Crippen LogP contribution in [-0.4, -0.2) is 35.6 Å². The van der Waals surface area contributed by atoms with Gasteiger partial charge in [0, 0.05) is 29.4 Å². The number of carbonyl (C=O) groups is 1. The van der Waals surface area contributed by atoms with E-state index in [1.807, 2.05) is 43.0 Å². The molecule has 0 bridgehead atoms. The summed E-state index contributed by atoms with van der Waals surface area (Å²) in [7, 11) is 0. The van der Waals surface area contributed by atoms with E-state index < -0.39 is 0 Å². The average Bonchev–Trinajstić information content (AvgIpc) is 2.46. The van der Waals surface area contributed by atoms with Gasteiger partial charge in [0.25, 0.3) is 0 Å². The summed E-state index contributed by atoms with van der Waals surface area (Å²) in [4.78, 5) is 14.5. The van der Waals surface area contributed by atoms with Crippen molar-refractivity contribution in [2.45, 2.75) is 33.1 Å². The van der Waals surface area contributed by atoms with Gasteiger partial charge in [-0.3, -0.25) is 4.79 Å². The van der Waals surface area contributed by atoms with E-state index in [9.17, 15) is 9.90 Å². The highest BCUT2D eigenvalue weighted by molar-refractivity contribution is 6.30. The Bertz CT molecular complexity index is 505. The summed E-state index contributed by atoms with van der Waals surface area (Å²) in [6, 6.07) is 7.68. The van der Waals surface area contributed by atoms with Gasteiger partial charge in [0.05, 0.1) is 6.61 Å². The number of rotatable bonds is 4. The van der Waals surface area contributed by atoms with Crippen LogP contribution < -0.4 is 0 Å². The number of halogens is 1. The molecule has 0 aromatic heterocycles. The Labute approximate surface area is 131 Å². The number of likely N-dealkylation sites (tertiary alicyclic amines) is 1. The van der Waals surface area contributed by atoms with Crippen molar-refractivity contribution in [3.8, 4) is 0 Å². The largest absolute Gasteiger partial charge is 0.396 e. The molecule has 2 rings (SSSR count). The van der Waals surface area contributed by atoms with Crippen molar-refractivity contribution in [2.75, 3.05) is 19.7 Å². The standard InChI is InChI=1S/C17H24ClNO2/c1-13(9-14-5-3-6-15(18)10-14)16(21)19-8-4-7-17(2,11-19)12-20/h3,5-6,10,13,20H,4,7-9,11-12H2,1-2H3. The van der Waals surface area contributed by atoms with Crippen LogP contribution in [0.25, 0.3) is 0 Å². The molecule has 3 nitrogen and oxygen atoms in total. The summed E-state index contributed by atoms with van der Waals surface area (Å²) in [6.45, 7) is 5.61. The predicted octanol–water partition coefficient (Wildman–Crippen LogP) is 3.14. The number of nitrogens with zero attached hydrogens (tertiary/aromatic N) is 1. The first kappa shape index (κ1) is 16.3. The Morgan fingerprint density at radius 2 is 2.29 bits per heavy atom. The van der Waals surface area contributed by atoms with Crippen LogP contribution in [0.2, 0.25) is 5.02 Å². The predicted molar refractivity (Wildman–Crippen MR) is 85.3 cm³/mol. The quantitative estimate of drug-likeness (QED) is 0.928. The van der Waals surface area contributed by atoms with E-state index in [-0.39, 0.29) is 23.8 Å². The first-order valence-corrected chi connectivity index (χ1v) is 7.95. The average molecular weight is 310 g/mol. The van der Waals surface area contributed by atoms with Crippen molar-refractivity contribution in [1.82, 2.24) is 4.90 Å². The number of aliphatic hydroxyl groups is 1. The minimum Gasteiger partial charge on any atom is -0.396 e. The zero-order valence-electron chi connectivity index (χ0n) is 12.8. The smallest absolute Gasteiger partial charge is 0.225 e. The van der Waals surface area contributed by atoms with Gasteiger partial charge < -0.3 is 10.0 Å². The molecule has 1 amide bonds. The van der Waals surface area contributed by atoms with Gasteiger partial charge in [0.2, 0.25) is 5.91 Å². The minimum absolute atomic E-state index is 0.0653. The summed E-state index contributed by atoms with van der Waals surface area (Å²) >= 11 is 5.99. The van der Waals surface area contributed by atoms with Crippen molar-refractivity contribution >= 4 is 17.5 Å². The van der Waals surface area contributed by atoms with Crippen LogP contribution in [0.4, 0.5) is 0 Å². The lowest BCUT2D eigenvalue weighted by atomic mass is 9.82. The van der Waals surface area contributed by atoms with E-state index >= 15 is 0 Å². The zero-order valence-corrected chi connectivity index (χ0v) is 13.6. The van der Waals surface area contributed by atoms with Crippen molar-refractivity contribution < 1.29 is 9.90 Å². The van der Waals surface area contributed by atoms with E-state index in [1.54, 1.807) is 0 Å². The third kappa shape index (κ3) is 4.21. The molecule has 1 aromatic carbocycles. The fourth-order valence-corrected chi connectivity index (χ4v) is 3.26. The Kier molecular flexibility index (Phi) is 5.28. The normalized spacial score (nSPS) is 23.9. The maximum absolute atomic E-state index is 12.6. The molecule has 0 spiro atoms. The van der Waals surface area contributed by atoms with Gasteiger partial charge in [0.1, 0.15) is 0 Å². The molecule has 116 valence electrons. The summed E-state index contributed by atoms with van der Waals surface area (Å²) in [6.07, 6.45) is 2.65. The summed E-state index contributed by atoms with van der Waals surface area (Å²) in [5, 5.41) is 10.2. The Balaban J connectivity index is 1.99. The molecule has 0 radical (unpaired) electrons. The first-order valence-electron chi connectivity index (χ1n) is 7.58. The second-order valence-corrected chi connectivity index (χ2v) is 7.00. The lowest BCUT2D eigenvalue weighted by molar-refractivity contribution is -0.139. The molecule has 1 fully saturated rings. The molecule has 0 aliphatic carbocycles. The zero-order chi connectivity index (χ0) is 15.5. The van der Waals surface area contributed by atoms with Crippen LogP contribution in [0.15, 0.2) is 24.3 Å². The topological polar surface area (TPSA) is 40.5 Å². The number of hydrogen-bond acceptors (Lipinski definition) is 2. The third-order valence-electron chi connectivity index (χ3n) is 4.33. The number of piperidine rings is 1. The summed E-state index contributed by atoms with van der Waals surface area (Å²) in [5.74, 6) is 0.110. The SMILES string of the molecule is CC(Cc1cccc(Cl)c1)C(=O)N1CCCC(C)(CO)C1. The van der Waals surface area contributed by atoms with Gasteiger partial charge in [-0.1, -0.05) is 37.6 Å². The molecule has 1 aromatic rings. The van der Waals surface area contributed by atoms with Crippen molar-refractivity contribution in [2.24, 2.45) is 11.3 Å². The van der Waals surface area contributed by atoms with Crippen LogP contribution in [0.5, 0.6) is 0 Å². The maximum atomic E-state index is 12.6. The van der Waals surface area contributed by atoms with Crippen LogP contribution >= 0.6 is 11.6 Å². The van der Waals surface area contributed by atoms with Gasteiger partial charge in [-0.25, -0.2) is 0 Å². The van der Waals surface area contributed by atoms with Crippen LogP contribution in [-0.2, 0) is 11.2 Å². The molecule has 2 unspecified atom stereocenters. The van der Waals surface area contributed by atoms with Gasteiger partial charge in [-0.05, 0) is 37.0 Å². The van der Waals surface area contributed by atoms with Crippen molar-refractivity contribution in [3.05, 3.63) is 34.9 Å². The fraction of sp³-hybridized carbons (Fsp3) is 0.588. The molecule has 1 aliphatic heterocycles. The molecule has 2 atom stereocenters. The summed E-state index contributed by atoms with van der Waals surface area (Å²) < 4.78 is 0. The highest BCUT2D eigenvalue weighted by atomic mass is 35.5. The second-order valence-electron chi connectivity index (χ2n) is 6.57. The van der Waals surface area contributed by atoms with E-state index in [0.29, 0.717) is 18.0 Å². The van der Waals surface area contributed by atoms with Gasteiger partial charge in [0.15, 0.2) is 0 Å².